The quantitative estimate of drug-likeness (QED) is 0.142. The van der Waals surface area contributed by atoms with Gasteiger partial charge in [-0.25, -0.2) is 0 Å². The molecule has 1 N–H and O–H groups in total. The van der Waals surface area contributed by atoms with Crippen molar-refractivity contribution in [2.24, 2.45) is 11.8 Å². The van der Waals surface area contributed by atoms with Crippen molar-refractivity contribution in [3.8, 4) is 11.5 Å². The van der Waals surface area contributed by atoms with Crippen LogP contribution in [-0.2, 0) is 16.0 Å². The highest BCUT2D eigenvalue weighted by atomic mass is 16.5. The van der Waals surface area contributed by atoms with Crippen LogP contribution in [-0.4, -0.2) is 24.3 Å². The van der Waals surface area contributed by atoms with Gasteiger partial charge in [0.1, 0.15) is 11.5 Å². The molecule has 34 heavy (non-hydrogen) atoms. The minimum absolute atomic E-state index is 0.0396. The van der Waals surface area contributed by atoms with Gasteiger partial charge in [-0.3, -0.25) is 4.79 Å². The maximum absolute atomic E-state index is 12.0. The molecule has 0 radical (unpaired) electrons. The Hall–Kier alpha value is -1.71. The van der Waals surface area contributed by atoms with E-state index in [2.05, 4.69) is 33.8 Å². The van der Waals surface area contributed by atoms with E-state index < -0.39 is 0 Å². The van der Waals surface area contributed by atoms with Crippen LogP contribution in [0.1, 0.15) is 123 Å². The van der Waals surface area contributed by atoms with E-state index in [0.29, 0.717) is 24.9 Å². The molecule has 2 unspecified atom stereocenters. The fourth-order valence-electron chi connectivity index (χ4n) is 4.29. The molecule has 196 valence electrons. The Morgan fingerprint density at radius 1 is 0.794 bits per heavy atom. The van der Waals surface area contributed by atoms with Gasteiger partial charge in [-0.2, -0.15) is 0 Å². The lowest BCUT2D eigenvalue weighted by molar-refractivity contribution is -0.145. The first-order chi connectivity index (χ1) is 16.5. The third-order valence-electron chi connectivity index (χ3n) is 6.85. The molecular weight excluding hydrogens is 424 g/mol. The number of aryl methyl sites for hydroxylation is 1. The minimum atomic E-state index is -0.0396. The van der Waals surface area contributed by atoms with Crippen molar-refractivity contribution >= 4 is 5.97 Å². The zero-order valence-corrected chi connectivity index (χ0v) is 22.6. The average molecular weight is 477 g/mol. The van der Waals surface area contributed by atoms with Crippen LogP contribution in [0.4, 0.5) is 0 Å². The summed E-state index contributed by atoms with van der Waals surface area (Å²) in [6.07, 6.45) is 16.2. The SMILES string of the molecule is CCCCC(CC)COC(=O)CCCCCCCc1cc(O)cc(OCC(CC)CCCC)c1. The molecule has 0 aliphatic rings. The topological polar surface area (TPSA) is 55.8 Å². The second-order valence-corrected chi connectivity index (χ2v) is 9.93. The standard InChI is InChI=1S/C30H52O4/c1-5-9-16-25(7-3)23-33-29-21-27(20-28(31)22-29)18-14-12-11-13-15-19-30(32)34-24-26(8-4)17-10-6-2/h20-22,25-26,31H,5-19,23-24H2,1-4H3. The third-order valence-corrected chi connectivity index (χ3v) is 6.85. The first-order valence-corrected chi connectivity index (χ1v) is 14.1. The number of carbonyl (C=O) groups excluding carboxylic acids is 1. The summed E-state index contributed by atoms with van der Waals surface area (Å²) < 4.78 is 11.5. The van der Waals surface area contributed by atoms with Gasteiger partial charge in [0.15, 0.2) is 0 Å². The number of carbonyl (C=O) groups is 1. The van der Waals surface area contributed by atoms with Gasteiger partial charge in [0.05, 0.1) is 13.2 Å². The summed E-state index contributed by atoms with van der Waals surface area (Å²) in [5.74, 6) is 2.12. The Bertz CT molecular complexity index is 643. The van der Waals surface area contributed by atoms with Gasteiger partial charge in [0.25, 0.3) is 0 Å². The van der Waals surface area contributed by atoms with Crippen molar-refractivity contribution in [3.63, 3.8) is 0 Å². The number of unbranched alkanes of at least 4 members (excludes halogenated alkanes) is 6. The summed E-state index contributed by atoms with van der Waals surface area (Å²) in [6.45, 7) is 10.1. The Labute approximate surface area is 209 Å². The fraction of sp³-hybridized carbons (Fsp3) is 0.767. The van der Waals surface area contributed by atoms with E-state index in [-0.39, 0.29) is 11.7 Å². The van der Waals surface area contributed by atoms with Gasteiger partial charge >= 0.3 is 5.97 Å². The summed E-state index contributed by atoms with van der Waals surface area (Å²) in [5, 5.41) is 10.1. The molecule has 4 heteroatoms. The molecule has 0 aromatic heterocycles. The van der Waals surface area contributed by atoms with Crippen molar-refractivity contribution in [3.05, 3.63) is 23.8 Å². The second-order valence-electron chi connectivity index (χ2n) is 9.93. The second kappa shape index (κ2) is 19.6. The van der Waals surface area contributed by atoms with E-state index in [1.807, 2.05) is 6.07 Å². The zero-order valence-electron chi connectivity index (χ0n) is 22.6. The van der Waals surface area contributed by atoms with Crippen molar-refractivity contribution < 1.29 is 19.4 Å². The van der Waals surface area contributed by atoms with Crippen LogP contribution in [0, 0.1) is 11.8 Å². The van der Waals surface area contributed by atoms with Gasteiger partial charge in [-0.1, -0.05) is 85.5 Å². The lowest BCUT2D eigenvalue weighted by atomic mass is 10.0. The van der Waals surface area contributed by atoms with Crippen LogP contribution >= 0.6 is 0 Å². The molecule has 2 atom stereocenters. The Balaban J connectivity index is 2.21. The number of ether oxygens (including phenoxy) is 2. The first-order valence-electron chi connectivity index (χ1n) is 14.1. The number of aromatic hydroxyl groups is 1. The maximum Gasteiger partial charge on any atom is 0.305 e. The van der Waals surface area contributed by atoms with Gasteiger partial charge < -0.3 is 14.6 Å². The lowest BCUT2D eigenvalue weighted by Gasteiger charge is -2.16. The van der Waals surface area contributed by atoms with Crippen LogP contribution in [0.15, 0.2) is 18.2 Å². The van der Waals surface area contributed by atoms with Gasteiger partial charge in [0, 0.05) is 12.5 Å². The average Bonchev–Trinajstić information content (AvgIpc) is 2.83. The molecule has 0 fully saturated rings. The first kappa shape index (κ1) is 30.3. The minimum Gasteiger partial charge on any atom is -0.508 e. The summed E-state index contributed by atoms with van der Waals surface area (Å²) >= 11 is 0. The van der Waals surface area contributed by atoms with Crippen molar-refractivity contribution in [1.29, 1.82) is 0 Å². The number of benzene rings is 1. The predicted octanol–water partition coefficient (Wildman–Crippen LogP) is 8.63. The van der Waals surface area contributed by atoms with Crippen LogP contribution in [0.25, 0.3) is 0 Å². The summed E-state index contributed by atoms with van der Waals surface area (Å²) in [7, 11) is 0. The monoisotopic (exact) mass is 476 g/mol. The smallest absolute Gasteiger partial charge is 0.305 e. The Kier molecular flexibility index (Phi) is 17.5. The molecule has 0 aliphatic carbocycles. The van der Waals surface area contributed by atoms with Gasteiger partial charge in [0.2, 0.25) is 0 Å². The van der Waals surface area contributed by atoms with E-state index >= 15 is 0 Å². The van der Waals surface area contributed by atoms with Crippen LogP contribution < -0.4 is 4.74 Å². The number of rotatable bonds is 21. The molecule has 0 heterocycles. The molecule has 1 rings (SSSR count). The molecular formula is C30H52O4. The van der Waals surface area contributed by atoms with E-state index in [1.54, 1.807) is 6.07 Å². The molecule has 0 bridgehead atoms. The molecule has 0 saturated carbocycles. The Morgan fingerprint density at radius 3 is 2.06 bits per heavy atom. The summed E-state index contributed by atoms with van der Waals surface area (Å²) in [4.78, 5) is 12.0. The van der Waals surface area contributed by atoms with Gasteiger partial charge in [-0.15, -0.1) is 0 Å². The van der Waals surface area contributed by atoms with E-state index in [4.69, 9.17) is 9.47 Å². The third kappa shape index (κ3) is 14.5. The number of hydrogen-bond acceptors (Lipinski definition) is 4. The number of phenols is 1. The highest BCUT2D eigenvalue weighted by Gasteiger charge is 2.10. The molecule has 0 amide bonds. The van der Waals surface area contributed by atoms with Crippen LogP contribution in [0.2, 0.25) is 0 Å². The van der Waals surface area contributed by atoms with E-state index in [9.17, 15) is 9.90 Å². The number of esters is 1. The van der Waals surface area contributed by atoms with E-state index in [0.717, 1.165) is 75.7 Å². The fourth-order valence-corrected chi connectivity index (χ4v) is 4.29. The lowest BCUT2D eigenvalue weighted by Crippen LogP contribution is -2.13. The van der Waals surface area contributed by atoms with Gasteiger partial charge in [-0.05, 0) is 61.6 Å². The van der Waals surface area contributed by atoms with Crippen molar-refractivity contribution in [1.82, 2.24) is 0 Å². The molecule has 1 aromatic carbocycles. The molecule has 0 aliphatic heterocycles. The van der Waals surface area contributed by atoms with Crippen molar-refractivity contribution in [2.75, 3.05) is 13.2 Å². The molecule has 1 aromatic rings. The molecule has 4 nitrogen and oxygen atoms in total. The molecule has 0 saturated heterocycles. The predicted molar refractivity (Wildman–Crippen MR) is 143 cm³/mol. The summed E-state index contributed by atoms with van der Waals surface area (Å²) in [6, 6.07) is 5.65. The van der Waals surface area contributed by atoms with Crippen molar-refractivity contribution in [2.45, 2.75) is 124 Å². The normalized spacial score (nSPS) is 12.9. The summed E-state index contributed by atoms with van der Waals surface area (Å²) in [5.41, 5.74) is 1.13. The van der Waals surface area contributed by atoms with E-state index in [1.165, 1.54) is 32.1 Å². The van der Waals surface area contributed by atoms with Crippen LogP contribution in [0.5, 0.6) is 11.5 Å². The highest BCUT2D eigenvalue weighted by molar-refractivity contribution is 5.69. The largest absolute Gasteiger partial charge is 0.508 e. The zero-order chi connectivity index (χ0) is 25.0. The highest BCUT2D eigenvalue weighted by Crippen LogP contribution is 2.25. The number of phenolic OH excluding ortho intramolecular Hbond substituents is 1. The van der Waals surface area contributed by atoms with Crippen LogP contribution in [0.3, 0.4) is 0 Å². The number of hydrogen-bond donors (Lipinski definition) is 1. The molecule has 0 spiro atoms. The Morgan fingerprint density at radius 2 is 1.41 bits per heavy atom. The maximum atomic E-state index is 12.0.